The van der Waals surface area contributed by atoms with E-state index in [1.54, 1.807) is 0 Å². The van der Waals surface area contributed by atoms with E-state index >= 15 is 0 Å². The second-order valence-electron chi connectivity index (χ2n) is 7.02. The Bertz CT molecular complexity index is 812. The third-order valence-electron chi connectivity index (χ3n) is 5.59. The third-order valence-corrected chi connectivity index (χ3v) is 5.59. The van der Waals surface area contributed by atoms with E-state index in [0.717, 1.165) is 23.4 Å². The molecule has 2 atom stereocenters. The Balaban J connectivity index is 1.73. The van der Waals surface area contributed by atoms with Gasteiger partial charge in [0.2, 0.25) is 0 Å². The van der Waals surface area contributed by atoms with Crippen LogP contribution in [0.15, 0.2) is 42.0 Å². The van der Waals surface area contributed by atoms with E-state index in [1.807, 2.05) is 30.3 Å². The molecule has 3 heteroatoms. The highest BCUT2D eigenvalue weighted by Crippen LogP contribution is 2.59. The van der Waals surface area contributed by atoms with Crippen LogP contribution in [0.3, 0.4) is 0 Å². The van der Waals surface area contributed by atoms with Crippen molar-refractivity contribution in [3.63, 3.8) is 0 Å². The summed E-state index contributed by atoms with van der Waals surface area (Å²) in [5, 5.41) is 9.56. The Hall–Kier alpha value is -2.34. The number of rotatable bonds is 2. The summed E-state index contributed by atoms with van der Waals surface area (Å²) in [6.07, 6.45) is 6.74. The number of hydrogen-bond acceptors (Lipinski definition) is 2. The molecule has 110 valence electrons. The van der Waals surface area contributed by atoms with Crippen molar-refractivity contribution in [3.8, 4) is 6.07 Å². The smallest absolute Gasteiger partial charge is 0.149 e. The Morgan fingerprint density at radius 2 is 2.23 bits per heavy atom. The molecule has 0 unspecified atom stereocenters. The molecule has 1 aromatic carbocycles. The average Bonchev–Trinajstić information content (AvgIpc) is 2.96. The van der Waals surface area contributed by atoms with Crippen molar-refractivity contribution in [2.24, 2.45) is 17.3 Å². The van der Waals surface area contributed by atoms with Gasteiger partial charge in [-0.15, -0.1) is 0 Å². The van der Waals surface area contributed by atoms with Crippen LogP contribution in [-0.2, 0) is 0 Å². The van der Waals surface area contributed by atoms with Crippen LogP contribution >= 0.6 is 0 Å². The van der Waals surface area contributed by atoms with E-state index in [2.05, 4.69) is 36.0 Å². The number of para-hydroxylation sites is 2. The third kappa shape index (κ3) is 1.84. The number of aromatic amines is 1. The summed E-state index contributed by atoms with van der Waals surface area (Å²) < 4.78 is 0. The molecule has 3 nitrogen and oxygen atoms in total. The topological polar surface area (TPSA) is 52.5 Å². The summed E-state index contributed by atoms with van der Waals surface area (Å²) in [7, 11) is 0. The van der Waals surface area contributed by atoms with Crippen LogP contribution in [0.2, 0.25) is 0 Å². The number of aromatic nitrogens is 2. The molecule has 1 N–H and O–H groups in total. The highest BCUT2D eigenvalue weighted by molar-refractivity contribution is 5.83. The molecule has 0 aliphatic heterocycles. The maximum absolute atomic E-state index is 9.56. The highest BCUT2D eigenvalue weighted by atomic mass is 14.9. The first-order valence-corrected chi connectivity index (χ1v) is 7.86. The zero-order chi connectivity index (χ0) is 15.3. The highest BCUT2D eigenvalue weighted by Gasteiger charge is 2.50. The Morgan fingerprint density at radius 3 is 2.91 bits per heavy atom. The molecular weight excluding hydrogens is 270 g/mol. The Kier molecular flexibility index (Phi) is 2.77. The maximum atomic E-state index is 9.56. The number of benzene rings is 1. The van der Waals surface area contributed by atoms with Gasteiger partial charge in [0.15, 0.2) is 0 Å². The first kappa shape index (κ1) is 13.3. The quantitative estimate of drug-likeness (QED) is 0.830. The van der Waals surface area contributed by atoms with Crippen LogP contribution in [0.25, 0.3) is 16.6 Å². The molecular formula is C19H19N3. The van der Waals surface area contributed by atoms with Gasteiger partial charge in [-0.3, -0.25) is 0 Å². The maximum Gasteiger partial charge on any atom is 0.149 e. The van der Waals surface area contributed by atoms with Crippen molar-refractivity contribution >= 4 is 16.6 Å². The predicted molar refractivity (Wildman–Crippen MR) is 87.8 cm³/mol. The van der Waals surface area contributed by atoms with Gasteiger partial charge in [0, 0.05) is 0 Å². The second-order valence-corrected chi connectivity index (χ2v) is 7.02. The van der Waals surface area contributed by atoms with Crippen molar-refractivity contribution in [2.75, 3.05) is 0 Å². The van der Waals surface area contributed by atoms with Crippen molar-refractivity contribution in [1.82, 2.24) is 9.97 Å². The number of allylic oxidation sites excluding steroid dienone is 4. The minimum Gasteiger partial charge on any atom is -0.337 e. The zero-order valence-corrected chi connectivity index (χ0v) is 12.9. The number of fused-ring (bicyclic) bond motifs is 2. The molecule has 1 heterocycles. The summed E-state index contributed by atoms with van der Waals surface area (Å²) in [6, 6.07) is 10.2. The van der Waals surface area contributed by atoms with Gasteiger partial charge < -0.3 is 4.98 Å². The lowest BCUT2D eigenvalue weighted by Crippen LogP contribution is -2.47. The normalized spacial score (nSPS) is 26.2. The van der Waals surface area contributed by atoms with Crippen LogP contribution in [0.5, 0.6) is 0 Å². The molecule has 0 amide bonds. The molecule has 5 rings (SSSR count). The first-order chi connectivity index (χ1) is 10.6. The van der Waals surface area contributed by atoms with Crippen LogP contribution < -0.4 is 0 Å². The van der Waals surface area contributed by atoms with Gasteiger partial charge in [0.05, 0.1) is 16.6 Å². The van der Waals surface area contributed by atoms with Crippen LogP contribution in [0, 0.1) is 28.6 Å². The summed E-state index contributed by atoms with van der Waals surface area (Å²) in [4.78, 5) is 7.81. The number of nitriles is 1. The number of nitrogens with zero attached hydrogens (tertiary/aromatic N) is 2. The van der Waals surface area contributed by atoms with E-state index in [1.165, 1.54) is 12.0 Å². The first-order valence-electron chi connectivity index (χ1n) is 7.86. The standard InChI is InChI=1S/C19H19N3/c1-19(2)14-8-7-12(15(19)10-14)9-13(11-20)18-21-16-5-3-4-6-17(16)22-18/h3-7,9,14-15H,8,10H2,1-2H3,(H,21,22)/b13-9+/t14-,15-/m0/s1. The number of hydrogen-bond donors (Lipinski definition) is 1. The molecule has 0 radical (unpaired) electrons. The lowest BCUT2D eigenvalue weighted by atomic mass is 9.49. The number of H-pyrrole nitrogens is 1. The summed E-state index contributed by atoms with van der Waals surface area (Å²) in [5.74, 6) is 2.06. The predicted octanol–water partition coefficient (Wildman–Crippen LogP) is 4.46. The Labute approximate surface area is 130 Å². The van der Waals surface area contributed by atoms with E-state index in [0.29, 0.717) is 22.7 Å². The molecule has 2 bridgehead atoms. The van der Waals surface area contributed by atoms with Crippen LogP contribution in [0.1, 0.15) is 32.5 Å². The van der Waals surface area contributed by atoms with Gasteiger partial charge in [-0.2, -0.15) is 5.26 Å². The van der Waals surface area contributed by atoms with Crippen molar-refractivity contribution in [3.05, 3.63) is 47.8 Å². The van der Waals surface area contributed by atoms with Gasteiger partial charge in [-0.25, -0.2) is 4.98 Å². The fourth-order valence-corrected chi connectivity index (χ4v) is 3.96. The molecule has 1 saturated carbocycles. The summed E-state index contributed by atoms with van der Waals surface area (Å²) in [5.41, 5.74) is 4.18. The largest absolute Gasteiger partial charge is 0.337 e. The van der Waals surface area contributed by atoms with E-state index in [4.69, 9.17) is 0 Å². The molecule has 1 fully saturated rings. The van der Waals surface area contributed by atoms with Gasteiger partial charge in [-0.1, -0.05) is 32.1 Å². The minimum atomic E-state index is 0.370. The molecule has 1 aromatic heterocycles. The number of imidazole rings is 1. The SMILES string of the molecule is CC1(C)[C@H]2CC=C(/C=C(\C#N)c3nc4ccccc4[nH]3)[C@@H]1C2. The van der Waals surface area contributed by atoms with Crippen molar-refractivity contribution in [2.45, 2.75) is 26.7 Å². The fourth-order valence-electron chi connectivity index (χ4n) is 3.96. The Morgan fingerprint density at radius 1 is 1.41 bits per heavy atom. The average molecular weight is 289 g/mol. The van der Waals surface area contributed by atoms with Crippen molar-refractivity contribution < 1.29 is 0 Å². The lowest BCUT2D eigenvalue weighted by Gasteiger charge is -2.56. The van der Waals surface area contributed by atoms with Crippen LogP contribution in [-0.4, -0.2) is 9.97 Å². The summed E-state index contributed by atoms with van der Waals surface area (Å²) >= 11 is 0. The van der Waals surface area contributed by atoms with Gasteiger partial charge >= 0.3 is 0 Å². The summed E-state index contributed by atoms with van der Waals surface area (Å²) in [6.45, 7) is 4.69. The molecule has 3 aliphatic rings. The van der Waals surface area contributed by atoms with Gasteiger partial charge in [-0.05, 0) is 53.9 Å². The van der Waals surface area contributed by atoms with Gasteiger partial charge in [0.25, 0.3) is 0 Å². The monoisotopic (exact) mass is 289 g/mol. The molecule has 3 aliphatic carbocycles. The van der Waals surface area contributed by atoms with E-state index in [9.17, 15) is 5.26 Å². The molecule has 0 spiro atoms. The lowest BCUT2D eigenvalue weighted by molar-refractivity contribution is -0.00324. The fraction of sp³-hybridized carbons (Fsp3) is 0.368. The van der Waals surface area contributed by atoms with Gasteiger partial charge in [0.1, 0.15) is 11.9 Å². The van der Waals surface area contributed by atoms with Crippen molar-refractivity contribution in [1.29, 1.82) is 5.26 Å². The van der Waals surface area contributed by atoms with E-state index < -0.39 is 0 Å². The van der Waals surface area contributed by atoms with E-state index in [-0.39, 0.29) is 0 Å². The van der Waals surface area contributed by atoms with Crippen LogP contribution in [0.4, 0.5) is 0 Å². The minimum absolute atomic E-state index is 0.370. The molecule has 22 heavy (non-hydrogen) atoms. The molecule has 0 saturated heterocycles. The zero-order valence-electron chi connectivity index (χ0n) is 12.9. The second kappa shape index (κ2) is 4.58. The molecule has 2 aromatic rings. The number of nitrogens with one attached hydrogen (secondary N) is 1.